The van der Waals surface area contributed by atoms with Crippen molar-refractivity contribution in [3.8, 4) is 0 Å². The van der Waals surface area contributed by atoms with Crippen molar-refractivity contribution in [3.63, 3.8) is 0 Å². The highest BCUT2D eigenvalue weighted by atomic mass is 32.1. The van der Waals surface area contributed by atoms with Gasteiger partial charge in [0.05, 0.1) is 11.8 Å². The molecule has 0 fully saturated rings. The average Bonchev–Trinajstić information content (AvgIpc) is 2.59. The molecule has 1 heterocycles. The number of benzene rings is 2. The van der Waals surface area contributed by atoms with Gasteiger partial charge in [0, 0.05) is 17.8 Å². The van der Waals surface area contributed by atoms with Crippen LogP contribution in [0.25, 0.3) is 5.57 Å². The SMILES string of the molecule is CC1=CC(C)(C)N(Cc2ccccc2)c2ccc(C=NNC(N)=S)cc21. The van der Waals surface area contributed by atoms with Gasteiger partial charge in [-0.25, -0.2) is 0 Å². The highest BCUT2D eigenvalue weighted by Crippen LogP contribution is 2.40. The second-order valence-corrected chi connectivity index (χ2v) is 7.50. The summed E-state index contributed by atoms with van der Waals surface area (Å²) in [5, 5.41) is 4.21. The van der Waals surface area contributed by atoms with Crippen LogP contribution in [0.3, 0.4) is 0 Å². The van der Waals surface area contributed by atoms with Crippen molar-refractivity contribution in [2.45, 2.75) is 32.9 Å². The van der Waals surface area contributed by atoms with Crippen molar-refractivity contribution in [1.29, 1.82) is 0 Å². The topological polar surface area (TPSA) is 53.6 Å². The van der Waals surface area contributed by atoms with Crippen LogP contribution in [0.4, 0.5) is 5.69 Å². The van der Waals surface area contributed by atoms with Gasteiger partial charge in [-0.1, -0.05) is 42.5 Å². The third-order valence-electron chi connectivity index (χ3n) is 4.57. The average molecular weight is 365 g/mol. The number of hydrogen-bond donors (Lipinski definition) is 2. The lowest BCUT2D eigenvalue weighted by Gasteiger charge is -2.43. The molecule has 1 aliphatic heterocycles. The first-order valence-electron chi connectivity index (χ1n) is 8.61. The van der Waals surface area contributed by atoms with E-state index in [2.05, 4.69) is 90.8 Å². The summed E-state index contributed by atoms with van der Waals surface area (Å²) in [5.74, 6) is 0. The van der Waals surface area contributed by atoms with E-state index >= 15 is 0 Å². The van der Waals surface area contributed by atoms with Crippen molar-refractivity contribution in [2.75, 3.05) is 4.90 Å². The summed E-state index contributed by atoms with van der Waals surface area (Å²) in [6, 6.07) is 16.9. The van der Waals surface area contributed by atoms with Crippen LogP contribution in [0.2, 0.25) is 0 Å². The van der Waals surface area contributed by atoms with Gasteiger partial charge in [0.25, 0.3) is 0 Å². The van der Waals surface area contributed by atoms with Crippen molar-refractivity contribution in [1.82, 2.24) is 5.43 Å². The third kappa shape index (κ3) is 3.94. The minimum atomic E-state index is -0.0597. The number of fused-ring (bicyclic) bond motifs is 1. The molecule has 0 amide bonds. The summed E-state index contributed by atoms with van der Waals surface area (Å²) < 4.78 is 0. The maximum absolute atomic E-state index is 5.40. The summed E-state index contributed by atoms with van der Waals surface area (Å²) in [6.07, 6.45) is 4.06. The fourth-order valence-corrected chi connectivity index (χ4v) is 3.46. The second-order valence-electron chi connectivity index (χ2n) is 7.06. The van der Waals surface area contributed by atoms with Gasteiger partial charge in [-0.05, 0) is 61.8 Å². The lowest BCUT2D eigenvalue weighted by atomic mass is 9.87. The van der Waals surface area contributed by atoms with Gasteiger partial charge >= 0.3 is 0 Å². The smallest absolute Gasteiger partial charge is 0.184 e. The molecule has 0 unspecified atom stereocenters. The van der Waals surface area contributed by atoms with Crippen LogP contribution in [-0.2, 0) is 6.54 Å². The predicted octanol–water partition coefficient (Wildman–Crippen LogP) is 4.06. The molecule has 1 aliphatic rings. The molecule has 4 nitrogen and oxygen atoms in total. The van der Waals surface area contributed by atoms with Crippen LogP contribution < -0.4 is 16.1 Å². The minimum Gasteiger partial charge on any atom is -0.375 e. The Morgan fingerprint density at radius 3 is 2.65 bits per heavy atom. The molecule has 0 spiro atoms. The van der Waals surface area contributed by atoms with E-state index in [1.54, 1.807) is 6.21 Å². The second kappa shape index (κ2) is 7.30. The number of hydrazone groups is 1. The summed E-state index contributed by atoms with van der Waals surface area (Å²) >= 11 is 4.77. The lowest BCUT2D eigenvalue weighted by Crippen LogP contribution is -2.44. The van der Waals surface area contributed by atoms with Crippen molar-refractivity contribution in [2.24, 2.45) is 10.8 Å². The quantitative estimate of drug-likeness (QED) is 0.488. The number of rotatable bonds is 4. The first-order chi connectivity index (χ1) is 12.4. The van der Waals surface area contributed by atoms with Crippen LogP contribution in [0.5, 0.6) is 0 Å². The monoisotopic (exact) mass is 364 g/mol. The first kappa shape index (κ1) is 18.1. The molecule has 2 aromatic rings. The Hall–Kier alpha value is -2.66. The Labute approximate surface area is 160 Å². The van der Waals surface area contributed by atoms with Gasteiger partial charge in [-0.15, -0.1) is 0 Å². The number of allylic oxidation sites excluding steroid dienone is 1. The number of anilines is 1. The van der Waals surface area contributed by atoms with Crippen molar-refractivity contribution in [3.05, 3.63) is 71.3 Å². The van der Waals surface area contributed by atoms with Crippen LogP contribution in [0.15, 0.2) is 59.7 Å². The number of nitrogens with one attached hydrogen (secondary N) is 1. The fourth-order valence-electron chi connectivity index (χ4n) is 3.41. The molecule has 26 heavy (non-hydrogen) atoms. The molecule has 3 N–H and O–H groups in total. The molecule has 134 valence electrons. The van der Waals surface area contributed by atoms with Crippen LogP contribution in [0.1, 0.15) is 37.5 Å². The largest absolute Gasteiger partial charge is 0.375 e. The summed E-state index contributed by atoms with van der Waals surface area (Å²) in [6.45, 7) is 7.53. The van der Waals surface area contributed by atoms with E-state index < -0.39 is 0 Å². The Balaban J connectivity index is 1.96. The normalized spacial score (nSPS) is 15.5. The molecular weight excluding hydrogens is 340 g/mol. The minimum absolute atomic E-state index is 0.0597. The number of thiocarbonyl (C=S) groups is 1. The maximum atomic E-state index is 5.40. The van der Waals surface area contributed by atoms with E-state index in [-0.39, 0.29) is 10.7 Å². The molecule has 3 rings (SSSR count). The zero-order valence-corrected chi connectivity index (χ0v) is 16.2. The highest BCUT2D eigenvalue weighted by Gasteiger charge is 2.31. The molecule has 0 radical (unpaired) electrons. The van der Waals surface area contributed by atoms with Gasteiger partial charge in [-0.2, -0.15) is 5.10 Å². The molecule has 0 aromatic heterocycles. The van der Waals surface area contributed by atoms with Crippen LogP contribution in [-0.4, -0.2) is 16.9 Å². The molecule has 0 saturated heterocycles. The van der Waals surface area contributed by atoms with Gasteiger partial charge in [0.15, 0.2) is 5.11 Å². The Bertz CT molecular complexity index is 869. The van der Waals surface area contributed by atoms with E-state index in [1.165, 1.54) is 22.4 Å². The number of nitrogens with zero attached hydrogens (tertiary/aromatic N) is 2. The Kier molecular flexibility index (Phi) is 5.09. The summed E-state index contributed by atoms with van der Waals surface area (Å²) in [4.78, 5) is 2.44. The maximum Gasteiger partial charge on any atom is 0.184 e. The Morgan fingerprint density at radius 2 is 1.96 bits per heavy atom. The Morgan fingerprint density at radius 1 is 1.23 bits per heavy atom. The van der Waals surface area contributed by atoms with Gasteiger partial charge < -0.3 is 10.6 Å². The zero-order valence-electron chi connectivity index (χ0n) is 15.4. The third-order valence-corrected chi connectivity index (χ3v) is 4.66. The predicted molar refractivity (Wildman–Crippen MR) is 114 cm³/mol. The van der Waals surface area contributed by atoms with Crippen LogP contribution >= 0.6 is 12.2 Å². The number of nitrogens with two attached hydrogens (primary N) is 1. The van der Waals surface area contributed by atoms with Gasteiger partial charge in [0.2, 0.25) is 0 Å². The highest BCUT2D eigenvalue weighted by molar-refractivity contribution is 7.80. The standard InChI is InChI=1S/C21H24N4S/c1-15-12-21(2,3)25(14-16-7-5-4-6-8-16)19-10-9-17(11-18(15)19)13-23-24-20(22)26/h4-13H,14H2,1-3H3,(H3,22,24,26). The molecule has 5 heteroatoms. The molecule has 0 bridgehead atoms. The fraction of sp³-hybridized carbons (Fsp3) is 0.238. The van der Waals surface area contributed by atoms with E-state index in [9.17, 15) is 0 Å². The van der Waals surface area contributed by atoms with Gasteiger partial charge in [0.1, 0.15) is 0 Å². The molecule has 0 saturated carbocycles. The summed E-state index contributed by atoms with van der Waals surface area (Å²) in [5.41, 5.74) is 14.0. The van der Waals surface area contributed by atoms with E-state index in [1.807, 2.05) is 0 Å². The molecule has 0 aliphatic carbocycles. The lowest BCUT2D eigenvalue weighted by molar-refractivity contribution is 0.552. The molecule has 0 atom stereocenters. The first-order valence-corrected chi connectivity index (χ1v) is 9.01. The summed E-state index contributed by atoms with van der Waals surface area (Å²) in [7, 11) is 0. The van der Waals surface area contributed by atoms with Crippen LogP contribution in [0, 0.1) is 0 Å². The van der Waals surface area contributed by atoms with Gasteiger partial charge in [-0.3, -0.25) is 5.43 Å². The number of hydrogen-bond acceptors (Lipinski definition) is 3. The van der Waals surface area contributed by atoms with E-state index in [4.69, 9.17) is 18.0 Å². The molecular formula is C21H24N4S. The zero-order chi connectivity index (χ0) is 18.7. The van der Waals surface area contributed by atoms with E-state index in [0.717, 1.165) is 12.1 Å². The molecule has 2 aromatic carbocycles. The van der Waals surface area contributed by atoms with E-state index in [0.29, 0.717) is 0 Å². The van der Waals surface area contributed by atoms with Crippen molar-refractivity contribution < 1.29 is 0 Å². The van der Waals surface area contributed by atoms with Crippen molar-refractivity contribution >= 4 is 34.8 Å².